The maximum absolute atomic E-state index is 2.62. The third-order valence-electron chi connectivity index (χ3n) is 6.47. The van der Waals surface area contributed by atoms with E-state index in [1.165, 1.54) is 28.4 Å². The van der Waals surface area contributed by atoms with Crippen LogP contribution in [-0.4, -0.2) is 6.16 Å². The van der Waals surface area contributed by atoms with Gasteiger partial charge in [0.1, 0.15) is 0 Å². The topological polar surface area (TPSA) is 0 Å². The molecule has 1 heterocycles. The summed E-state index contributed by atoms with van der Waals surface area (Å²) in [5.74, 6) is 0. The van der Waals surface area contributed by atoms with Crippen molar-refractivity contribution in [2.45, 2.75) is 41.9 Å². The first-order valence-electron chi connectivity index (χ1n) is 9.68. The van der Waals surface area contributed by atoms with E-state index in [0.29, 0.717) is 0 Å². The van der Waals surface area contributed by atoms with Gasteiger partial charge in [0, 0.05) is 0 Å². The average molecular weight is 507 g/mol. The summed E-state index contributed by atoms with van der Waals surface area (Å²) in [6.45, 7) is 11.7. The van der Waals surface area contributed by atoms with Crippen molar-refractivity contribution in [2.75, 3.05) is 6.16 Å². The summed E-state index contributed by atoms with van der Waals surface area (Å²) >= 11 is -0.636. The van der Waals surface area contributed by atoms with Gasteiger partial charge in [0.25, 0.3) is 0 Å². The summed E-state index contributed by atoms with van der Waals surface area (Å²) in [6.07, 6.45) is 6.55. The van der Waals surface area contributed by atoms with E-state index in [4.69, 9.17) is 0 Å². The number of halogens is 2. The van der Waals surface area contributed by atoms with Crippen LogP contribution < -0.4 is 24.8 Å². The van der Waals surface area contributed by atoms with Crippen LogP contribution in [0.5, 0.6) is 0 Å². The fourth-order valence-corrected chi connectivity index (χ4v) is 15.5. The zero-order chi connectivity index (χ0) is 18.2. The minimum Gasteiger partial charge on any atom is -1.00 e. The molecule has 0 bridgehead atoms. The number of hydrogen-bond donors (Lipinski definition) is 0. The van der Waals surface area contributed by atoms with Crippen LogP contribution in [0.2, 0.25) is 0 Å². The number of allylic oxidation sites excluding steroid dienone is 2. The molecule has 2 aromatic rings. The Morgan fingerprint density at radius 3 is 1.50 bits per heavy atom. The molecule has 2 unspecified atom stereocenters. The van der Waals surface area contributed by atoms with Gasteiger partial charge in [-0.15, -0.1) is 0 Å². The SMILES string of the molecule is CCP1C2=Cc3c(C)ccc(C)c3[CH]2[Zr+2][CH]2C1=Cc1c(C)ccc(C)c12.[Cl-].[Cl-]. The molecule has 0 aromatic heterocycles. The normalized spacial score (nSPS) is 22.8. The molecule has 0 radical (unpaired) electrons. The van der Waals surface area contributed by atoms with Crippen molar-refractivity contribution in [1.82, 2.24) is 0 Å². The molecule has 1 aliphatic heterocycles. The van der Waals surface area contributed by atoms with E-state index in [2.05, 4.69) is 71.0 Å². The van der Waals surface area contributed by atoms with Crippen LogP contribution in [0, 0.1) is 27.7 Å². The van der Waals surface area contributed by atoms with E-state index in [1.54, 1.807) is 22.3 Å². The van der Waals surface area contributed by atoms with Crippen molar-refractivity contribution in [3.8, 4) is 0 Å². The molecule has 4 heteroatoms. The Kier molecular flexibility index (Phi) is 6.55. The number of aryl methyl sites for hydroxylation is 4. The molecule has 5 rings (SSSR count). The van der Waals surface area contributed by atoms with Crippen LogP contribution in [0.25, 0.3) is 12.2 Å². The summed E-state index contributed by atoms with van der Waals surface area (Å²) in [4.78, 5) is 0. The second-order valence-corrected chi connectivity index (χ2v) is 14.1. The predicted octanol–water partition coefficient (Wildman–Crippen LogP) is 1.02. The first kappa shape index (κ1) is 22.5. The molecule has 1 fully saturated rings. The zero-order valence-electron chi connectivity index (χ0n) is 17.0. The van der Waals surface area contributed by atoms with Gasteiger partial charge in [0.15, 0.2) is 0 Å². The third kappa shape index (κ3) is 3.08. The average Bonchev–Trinajstić information content (AvgIpc) is 3.19. The van der Waals surface area contributed by atoms with E-state index in [9.17, 15) is 0 Å². The summed E-state index contributed by atoms with van der Waals surface area (Å²) in [7, 11) is -0.128. The third-order valence-corrected chi connectivity index (χ3v) is 14.9. The van der Waals surface area contributed by atoms with Gasteiger partial charge >= 0.3 is 171 Å². The second-order valence-electron chi connectivity index (χ2n) is 7.97. The Morgan fingerprint density at radius 2 is 1.11 bits per heavy atom. The van der Waals surface area contributed by atoms with E-state index >= 15 is 0 Å². The smallest absolute Gasteiger partial charge is 1.00 e. The van der Waals surface area contributed by atoms with Gasteiger partial charge < -0.3 is 24.8 Å². The number of benzene rings is 2. The van der Waals surface area contributed by atoms with E-state index < -0.39 is 23.2 Å². The van der Waals surface area contributed by atoms with Gasteiger partial charge in [-0.2, -0.15) is 0 Å². The maximum Gasteiger partial charge on any atom is -1.00 e. The van der Waals surface area contributed by atoms with E-state index in [-0.39, 0.29) is 32.7 Å². The quantitative estimate of drug-likeness (QED) is 0.507. The van der Waals surface area contributed by atoms with Gasteiger partial charge in [-0.1, -0.05) is 0 Å². The van der Waals surface area contributed by atoms with Crippen LogP contribution in [0.3, 0.4) is 0 Å². The Hall–Kier alpha value is -0.187. The fraction of sp³-hybridized carbons (Fsp3) is 0.333. The van der Waals surface area contributed by atoms with E-state index in [1.807, 2.05) is 10.6 Å². The molecule has 2 aliphatic carbocycles. The zero-order valence-corrected chi connectivity index (χ0v) is 21.9. The summed E-state index contributed by atoms with van der Waals surface area (Å²) in [5.41, 5.74) is 12.6. The minimum absolute atomic E-state index is 0. The molecule has 1 saturated heterocycles. The first-order valence-corrected chi connectivity index (χ1v) is 14.0. The van der Waals surface area contributed by atoms with Gasteiger partial charge in [-0.3, -0.25) is 0 Å². The van der Waals surface area contributed by atoms with Crippen LogP contribution in [0.4, 0.5) is 0 Å². The van der Waals surface area contributed by atoms with Gasteiger partial charge in [0.05, 0.1) is 0 Å². The standard InChI is InChI=1S/C24H25P.2ClH.Zr/c1-6-25(19-11-21-15(2)7-8-16(3)22(21)12-19)20-13-23-17(4)9-10-18(5)24(23)14-20;;;/h7-14H,6H2,1-5H3;2*1H;/q;;;+2/p-2. The molecular weight excluding hydrogens is 481 g/mol. The van der Waals surface area contributed by atoms with Crippen molar-refractivity contribution < 1.29 is 48.0 Å². The number of hydrogen-bond acceptors (Lipinski definition) is 0. The molecule has 144 valence electrons. The molecule has 0 nitrogen and oxygen atoms in total. The molecule has 0 amide bonds. The Bertz CT molecular complexity index is 942. The van der Waals surface area contributed by atoms with Crippen LogP contribution in [0.15, 0.2) is 34.9 Å². The molecule has 3 aliphatic rings. The summed E-state index contributed by atoms with van der Waals surface area (Å²) < 4.78 is 1.63. The monoisotopic (exact) mass is 504 g/mol. The Labute approximate surface area is 194 Å². The fourth-order valence-electron chi connectivity index (χ4n) is 5.10. The van der Waals surface area contributed by atoms with Crippen LogP contribution in [0.1, 0.15) is 58.7 Å². The number of rotatable bonds is 1. The van der Waals surface area contributed by atoms with Gasteiger partial charge in [0.2, 0.25) is 0 Å². The molecule has 2 aromatic carbocycles. The van der Waals surface area contributed by atoms with Crippen LogP contribution >= 0.6 is 7.92 Å². The predicted molar refractivity (Wildman–Crippen MR) is 111 cm³/mol. The largest absolute Gasteiger partial charge is 1.00 e. The van der Waals surface area contributed by atoms with Crippen molar-refractivity contribution >= 4 is 20.1 Å². The summed E-state index contributed by atoms with van der Waals surface area (Å²) in [5, 5.41) is 3.65. The van der Waals surface area contributed by atoms with Crippen molar-refractivity contribution in [3.05, 3.63) is 79.4 Å². The van der Waals surface area contributed by atoms with Crippen LogP contribution in [-0.2, 0) is 23.2 Å². The second kappa shape index (κ2) is 8.15. The molecular formula is C24H25Cl2PZr. The Balaban J connectivity index is 0.00000112. The first-order chi connectivity index (χ1) is 12.5. The maximum atomic E-state index is 2.62. The molecule has 0 saturated carbocycles. The molecule has 28 heavy (non-hydrogen) atoms. The van der Waals surface area contributed by atoms with E-state index in [0.717, 1.165) is 7.25 Å². The van der Waals surface area contributed by atoms with Gasteiger partial charge in [-0.05, 0) is 0 Å². The minimum atomic E-state index is -0.636. The van der Waals surface area contributed by atoms with Gasteiger partial charge in [-0.25, -0.2) is 0 Å². The van der Waals surface area contributed by atoms with Crippen molar-refractivity contribution in [2.24, 2.45) is 0 Å². The Morgan fingerprint density at radius 1 is 0.714 bits per heavy atom. The molecule has 2 atom stereocenters. The van der Waals surface area contributed by atoms with Crippen molar-refractivity contribution in [1.29, 1.82) is 0 Å². The number of fused-ring (bicyclic) bond motifs is 6. The van der Waals surface area contributed by atoms with Crippen molar-refractivity contribution in [3.63, 3.8) is 0 Å². The molecule has 0 N–H and O–H groups in total. The summed E-state index contributed by atoms with van der Waals surface area (Å²) in [6, 6.07) is 9.37. The molecule has 0 spiro atoms.